The van der Waals surface area contributed by atoms with Crippen molar-refractivity contribution >= 4 is 5.91 Å². The quantitative estimate of drug-likeness (QED) is 0.493. The van der Waals surface area contributed by atoms with Crippen LogP contribution in [-0.4, -0.2) is 47.1 Å². The number of phenolic OH excluding ortho intramolecular Hbond substituents is 1. The average Bonchev–Trinajstić information content (AvgIpc) is 3.48. The minimum atomic E-state index is -2.81. The predicted molar refractivity (Wildman–Crippen MR) is 130 cm³/mol. The maximum atomic E-state index is 13.5. The lowest BCUT2D eigenvalue weighted by Gasteiger charge is -2.20. The average molecular weight is 495 g/mol. The molecule has 3 aromatic carbocycles. The van der Waals surface area contributed by atoms with E-state index in [1.165, 1.54) is 0 Å². The number of phenols is 1. The van der Waals surface area contributed by atoms with Gasteiger partial charge in [0, 0.05) is 31.7 Å². The molecule has 1 atom stereocenters. The number of benzene rings is 3. The first kappa shape index (κ1) is 24.1. The molecule has 0 spiro atoms. The molecule has 1 amide bonds. The number of alkyl halides is 2. The molecule has 2 heterocycles. The van der Waals surface area contributed by atoms with Gasteiger partial charge in [0.15, 0.2) is 0 Å². The molecule has 0 bridgehead atoms. The monoisotopic (exact) mass is 494 g/mol. The van der Waals surface area contributed by atoms with Crippen LogP contribution in [-0.2, 0) is 19.7 Å². The number of hydrogen-bond acceptors (Lipinski definition) is 5. The van der Waals surface area contributed by atoms with Crippen molar-refractivity contribution in [3.8, 4) is 17.2 Å². The van der Waals surface area contributed by atoms with E-state index >= 15 is 0 Å². The first-order valence-corrected chi connectivity index (χ1v) is 12.0. The number of likely N-dealkylation sites (N-methyl/N-ethyl adjacent to an activating group) is 1. The lowest BCUT2D eigenvalue weighted by atomic mass is 10.1. The van der Waals surface area contributed by atoms with Gasteiger partial charge in [-0.1, -0.05) is 36.4 Å². The SMILES string of the molecule is CN1CC[C@@H](Oc2ccc3c(c2)CN(C(=O)c2c(O)cc(C(F)F)cc2OCc2ccccc2)C3)C1. The summed E-state index contributed by atoms with van der Waals surface area (Å²) in [7, 11) is 2.07. The van der Waals surface area contributed by atoms with E-state index in [0.29, 0.717) is 13.1 Å². The summed E-state index contributed by atoms with van der Waals surface area (Å²) in [5.74, 6) is -0.303. The number of nitrogens with zero attached hydrogens (tertiary/aromatic N) is 2. The van der Waals surface area contributed by atoms with Crippen molar-refractivity contribution in [3.63, 3.8) is 0 Å². The van der Waals surface area contributed by atoms with E-state index < -0.39 is 23.6 Å². The molecule has 2 aliphatic heterocycles. The molecule has 8 heteroatoms. The highest BCUT2D eigenvalue weighted by molar-refractivity contribution is 6.00. The molecule has 1 N–H and O–H groups in total. The van der Waals surface area contributed by atoms with E-state index in [1.807, 2.05) is 48.5 Å². The van der Waals surface area contributed by atoms with E-state index in [4.69, 9.17) is 9.47 Å². The molecule has 1 saturated heterocycles. The third-order valence-electron chi connectivity index (χ3n) is 6.64. The molecule has 0 saturated carbocycles. The molecule has 0 unspecified atom stereocenters. The van der Waals surface area contributed by atoms with Gasteiger partial charge < -0.3 is 24.4 Å². The van der Waals surface area contributed by atoms with Crippen LogP contribution in [0.5, 0.6) is 17.2 Å². The second kappa shape index (κ2) is 10.1. The zero-order chi connectivity index (χ0) is 25.2. The van der Waals surface area contributed by atoms with Gasteiger partial charge in [-0.3, -0.25) is 4.79 Å². The number of halogens is 2. The fourth-order valence-corrected chi connectivity index (χ4v) is 4.74. The maximum Gasteiger partial charge on any atom is 0.264 e. The van der Waals surface area contributed by atoms with Crippen molar-refractivity contribution in [3.05, 3.63) is 88.5 Å². The zero-order valence-corrected chi connectivity index (χ0v) is 20.0. The molecule has 6 nitrogen and oxygen atoms in total. The van der Waals surface area contributed by atoms with Crippen LogP contribution in [0.1, 0.15) is 45.5 Å². The lowest BCUT2D eigenvalue weighted by molar-refractivity contribution is 0.0742. The number of hydrogen-bond donors (Lipinski definition) is 1. The Bertz CT molecular complexity index is 1250. The van der Waals surface area contributed by atoms with Gasteiger partial charge >= 0.3 is 0 Å². The molecular weight excluding hydrogens is 466 g/mol. The number of rotatable bonds is 7. The van der Waals surface area contributed by atoms with E-state index in [-0.39, 0.29) is 24.0 Å². The Balaban J connectivity index is 1.36. The van der Waals surface area contributed by atoms with Crippen LogP contribution in [0.3, 0.4) is 0 Å². The molecule has 2 aliphatic rings. The van der Waals surface area contributed by atoms with E-state index in [1.54, 1.807) is 4.90 Å². The Kier molecular flexibility index (Phi) is 6.78. The van der Waals surface area contributed by atoms with Crippen molar-refractivity contribution in [2.45, 2.75) is 38.6 Å². The van der Waals surface area contributed by atoms with Gasteiger partial charge in [0.25, 0.3) is 12.3 Å². The highest BCUT2D eigenvalue weighted by atomic mass is 19.3. The number of fused-ring (bicyclic) bond motifs is 1. The summed E-state index contributed by atoms with van der Waals surface area (Å²) in [5.41, 5.74) is 2.23. The third-order valence-corrected chi connectivity index (χ3v) is 6.64. The highest BCUT2D eigenvalue weighted by Crippen LogP contribution is 2.37. The number of aromatic hydroxyl groups is 1. The smallest absolute Gasteiger partial charge is 0.264 e. The van der Waals surface area contributed by atoms with Crippen LogP contribution in [0.2, 0.25) is 0 Å². The standard InChI is InChI=1S/C28H28F2N2O4/c1-31-10-9-23(16-31)36-22-8-7-19-14-32(15-21(19)11-22)28(34)26-24(33)12-20(27(29)30)13-25(26)35-17-18-5-3-2-4-6-18/h2-8,11-13,23,27,33H,9-10,14-17H2,1H3/t23-/m1/s1. The summed E-state index contributed by atoms with van der Waals surface area (Å²) in [6.45, 7) is 2.62. The Morgan fingerprint density at radius 2 is 1.86 bits per heavy atom. The second-order valence-electron chi connectivity index (χ2n) is 9.37. The van der Waals surface area contributed by atoms with Crippen molar-refractivity contribution < 1.29 is 28.2 Å². The van der Waals surface area contributed by atoms with Gasteiger partial charge in [0.05, 0.1) is 0 Å². The number of amides is 1. The first-order chi connectivity index (χ1) is 17.4. The molecule has 3 aromatic rings. The van der Waals surface area contributed by atoms with Crippen LogP contribution < -0.4 is 9.47 Å². The highest BCUT2D eigenvalue weighted by Gasteiger charge is 2.30. The number of carbonyl (C=O) groups excluding carboxylic acids is 1. The molecular formula is C28H28F2N2O4. The molecule has 0 radical (unpaired) electrons. The molecule has 0 aliphatic carbocycles. The van der Waals surface area contributed by atoms with E-state index in [2.05, 4.69) is 11.9 Å². The van der Waals surface area contributed by atoms with Gasteiger partial charge in [0.2, 0.25) is 0 Å². The molecule has 0 aromatic heterocycles. The molecule has 1 fully saturated rings. The fraction of sp³-hybridized carbons (Fsp3) is 0.321. The molecule has 188 valence electrons. The normalized spacial score (nSPS) is 17.4. The Morgan fingerprint density at radius 1 is 1.08 bits per heavy atom. The number of ether oxygens (including phenoxy) is 2. The third kappa shape index (κ3) is 5.14. The summed E-state index contributed by atoms with van der Waals surface area (Å²) in [6.07, 6.45) is -1.70. The Labute approximate surface area is 208 Å². The van der Waals surface area contributed by atoms with Gasteiger partial charge in [-0.15, -0.1) is 0 Å². The topological polar surface area (TPSA) is 62.2 Å². The minimum Gasteiger partial charge on any atom is -0.507 e. The van der Waals surface area contributed by atoms with Crippen molar-refractivity contribution in [2.24, 2.45) is 0 Å². The van der Waals surface area contributed by atoms with Crippen molar-refractivity contribution in [2.75, 3.05) is 20.1 Å². The van der Waals surface area contributed by atoms with Crippen LogP contribution in [0, 0.1) is 0 Å². The van der Waals surface area contributed by atoms with Crippen LogP contribution >= 0.6 is 0 Å². The van der Waals surface area contributed by atoms with E-state index in [9.17, 15) is 18.7 Å². The zero-order valence-electron chi connectivity index (χ0n) is 20.0. The summed E-state index contributed by atoms with van der Waals surface area (Å²) >= 11 is 0. The van der Waals surface area contributed by atoms with Gasteiger partial charge in [-0.25, -0.2) is 8.78 Å². The summed E-state index contributed by atoms with van der Waals surface area (Å²) in [4.78, 5) is 17.3. The maximum absolute atomic E-state index is 13.5. The molecule has 5 rings (SSSR count). The van der Waals surface area contributed by atoms with Crippen molar-refractivity contribution in [1.29, 1.82) is 0 Å². The predicted octanol–water partition coefficient (Wildman–Crippen LogP) is 5.15. The second-order valence-corrected chi connectivity index (χ2v) is 9.37. The Morgan fingerprint density at radius 3 is 2.58 bits per heavy atom. The number of carbonyl (C=O) groups is 1. The lowest BCUT2D eigenvalue weighted by Crippen LogP contribution is -2.26. The van der Waals surface area contributed by atoms with Crippen molar-refractivity contribution in [1.82, 2.24) is 9.80 Å². The minimum absolute atomic E-state index is 0.0653. The molecule has 36 heavy (non-hydrogen) atoms. The summed E-state index contributed by atoms with van der Waals surface area (Å²) in [6, 6.07) is 17.1. The fourth-order valence-electron chi connectivity index (χ4n) is 4.74. The number of likely N-dealkylation sites (tertiary alicyclic amines) is 1. The van der Waals surface area contributed by atoms with Gasteiger partial charge in [-0.2, -0.15) is 0 Å². The summed E-state index contributed by atoms with van der Waals surface area (Å²) in [5, 5.41) is 10.6. The van der Waals surface area contributed by atoms with Crippen LogP contribution in [0.4, 0.5) is 8.78 Å². The Hall–Kier alpha value is -3.65. The first-order valence-electron chi connectivity index (χ1n) is 12.0. The summed E-state index contributed by atoms with van der Waals surface area (Å²) < 4.78 is 38.8. The van der Waals surface area contributed by atoms with Gasteiger partial charge in [0.1, 0.15) is 35.5 Å². The van der Waals surface area contributed by atoms with Gasteiger partial charge in [-0.05, 0) is 54.4 Å². The van der Waals surface area contributed by atoms with Crippen LogP contribution in [0.15, 0.2) is 60.7 Å². The van der Waals surface area contributed by atoms with Crippen LogP contribution in [0.25, 0.3) is 0 Å². The largest absolute Gasteiger partial charge is 0.507 e. The van der Waals surface area contributed by atoms with E-state index in [0.717, 1.165) is 54.1 Å².